The highest BCUT2D eigenvalue weighted by atomic mass is 16.5. The third-order valence-electron chi connectivity index (χ3n) is 2.11. The molecular formula is C10H11NO2. The van der Waals surface area contributed by atoms with Gasteiger partial charge in [0.2, 0.25) is 0 Å². The summed E-state index contributed by atoms with van der Waals surface area (Å²) in [6, 6.07) is 5.77. The van der Waals surface area contributed by atoms with Gasteiger partial charge in [-0.15, -0.1) is 0 Å². The Bertz CT molecular complexity index is 420. The van der Waals surface area contributed by atoms with Crippen molar-refractivity contribution in [1.82, 2.24) is 0 Å². The molecule has 1 aromatic heterocycles. The fourth-order valence-corrected chi connectivity index (χ4v) is 1.46. The van der Waals surface area contributed by atoms with Crippen LogP contribution in [0.15, 0.2) is 28.9 Å². The van der Waals surface area contributed by atoms with Crippen molar-refractivity contribution in [2.24, 2.45) is 5.73 Å². The van der Waals surface area contributed by atoms with E-state index >= 15 is 0 Å². The van der Waals surface area contributed by atoms with Gasteiger partial charge < -0.3 is 14.9 Å². The summed E-state index contributed by atoms with van der Waals surface area (Å²) in [6.45, 7) is 0.425. The molecule has 13 heavy (non-hydrogen) atoms. The van der Waals surface area contributed by atoms with Crippen LogP contribution >= 0.6 is 0 Å². The molecule has 0 fully saturated rings. The van der Waals surface area contributed by atoms with Crippen LogP contribution in [-0.4, -0.2) is 7.11 Å². The average Bonchev–Trinajstić information content (AvgIpc) is 2.63. The van der Waals surface area contributed by atoms with Gasteiger partial charge in [-0.1, -0.05) is 0 Å². The number of methoxy groups -OCH3 is 1. The lowest BCUT2D eigenvalue weighted by molar-refractivity contribution is 0.409. The second-order valence-electron chi connectivity index (χ2n) is 2.79. The Kier molecular flexibility index (Phi) is 1.94. The summed E-state index contributed by atoms with van der Waals surface area (Å²) in [5.41, 5.74) is 7.35. The fourth-order valence-electron chi connectivity index (χ4n) is 1.46. The predicted molar refractivity (Wildman–Crippen MR) is 50.7 cm³/mol. The number of furan rings is 1. The summed E-state index contributed by atoms with van der Waals surface area (Å²) in [5, 5.41) is 1.06. The maximum absolute atomic E-state index is 5.61. The van der Waals surface area contributed by atoms with Gasteiger partial charge in [0.05, 0.1) is 18.9 Å². The molecule has 0 spiro atoms. The topological polar surface area (TPSA) is 48.4 Å². The molecule has 1 heterocycles. The molecule has 68 valence electrons. The molecule has 0 radical (unpaired) electrons. The standard InChI is InChI=1S/C10H11NO2/c1-12-9-3-2-7-4-5-13-10(7)8(9)6-11/h2-5H,6,11H2,1H3. The summed E-state index contributed by atoms with van der Waals surface area (Å²) in [6.07, 6.45) is 1.66. The molecule has 0 aliphatic rings. The smallest absolute Gasteiger partial charge is 0.142 e. The molecule has 0 unspecified atom stereocenters. The summed E-state index contributed by atoms with van der Waals surface area (Å²) in [4.78, 5) is 0. The molecule has 0 aliphatic carbocycles. The van der Waals surface area contributed by atoms with Crippen LogP contribution in [0.25, 0.3) is 11.0 Å². The Balaban J connectivity index is 2.74. The van der Waals surface area contributed by atoms with E-state index in [4.69, 9.17) is 14.9 Å². The zero-order valence-corrected chi connectivity index (χ0v) is 7.41. The average molecular weight is 177 g/mol. The van der Waals surface area contributed by atoms with Gasteiger partial charge in [-0.3, -0.25) is 0 Å². The molecule has 0 aliphatic heterocycles. The number of hydrogen-bond donors (Lipinski definition) is 1. The molecule has 3 nitrogen and oxygen atoms in total. The van der Waals surface area contributed by atoms with Crippen molar-refractivity contribution in [3.05, 3.63) is 30.0 Å². The molecule has 2 N–H and O–H groups in total. The number of benzene rings is 1. The van der Waals surface area contributed by atoms with E-state index in [0.29, 0.717) is 6.54 Å². The van der Waals surface area contributed by atoms with Crippen molar-refractivity contribution < 1.29 is 9.15 Å². The largest absolute Gasteiger partial charge is 0.496 e. The van der Waals surface area contributed by atoms with E-state index < -0.39 is 0 Å². The van der Waals surface area contributed by atoms with Gasteiger partial charge >= 0.3 is 0 Å². The third-order valence-corrected chi connectivity index (χ3v) is 2.11. The zero-order valence-electron chi connectivity index (χ0n) is 7.41. The Morgan fingerprint density at radius 3 is 2.92 bits per heavy atom. The van der Waals surface area contributed by atoms with Crippen LogP contribution in [-0.2, 0) is 6.54 Å². The van der Waals surface area contributed by atoms with E-state index in [1.165, 1.54) is 0 Å². The minimum absolute atomic E-state index is 0.425. The molecule has 2 aromatic rings. The van der Waals surface area contributed by atoms with E-state index in [0.717, 1.165) is 22.3 Å². The highest BCUT2D eigenvalue weighted by molar-refractivity contribution is 5.82. The van der Waals surface area contributed by atoms with E-state index in [9.17, 15) is 0 Å². The molecule has 0 saturated heterocycles. The van der Waals surface area contributed by atoms with Crippen molar-refractivity contribution in [1.29, 1.82) is 0 Å². The minimum atomic E-state index is 0.425. The van der Waals surface area contributed by atoms with Crippen LogP contribution in [0.5, 0.6) is 5.75 Å². The van der Waals surface area contributed by atoms with Crippen molar-refractivity contribution in [3.8, 4) is 5.75 Å². The number of nitrogens with two attached hydrogens (primary N) is 1. The number of rotatable bonds is 2. The van der Waals surface area contributed by atoms with Crippen LogP contribution in [0.2, 0.25) is 0 Å². The number of fused-ring (bicyclic) bond motifs is 1. The SMILES string of the molecule is COc1ccc2ccoc2c1CN. The van der Waals surface area contributed by atoms with Crippen LogP contribution in [0.1, 0.15) is 5.56 Å². The van der Waals surface area contributed by atoms with Gasteiger partial charge in [0, 0.05) is 11.9 Å². The number of ether oxygens (including phenoxy) is 1. The molecule has 0 atom stereocenters. The lowest BCUT2D eigenvalue weighted by Gasteiger charge is -2.05. The van der Waals surface area contributed by atoms with Gasteiger partial charge in [0.25, 0.3) is 0 Å². The lowest BCUT2D eigenvalue weighted by Crippen LogP contribution is -1.99. The van der Waals surface area contributed by atoms with Crippen LogP contribution in [0.4, 0.5) is 0 Å². The van der Waals surface area contributed by atoms with Crippen molar-refractivity contribution >= 4 is 11.0 Å². The quantitative estimate of drug-likeness (QED) is 0.762. The van der Waals surface area contributed by atoms with Crippen LogP contribution < -0.4 is 10.5 Å². The lowest BCUT2D eigenvalue weighted by atomic mass is 10.1. The molecule has 0 bridgehead atoms. The fraction of sp³-hybridized carbons (Fsp3) is 0.200. The highest BCUT2D eigenvalue weighted by Crippen LogP contribution is 2.27. The molecule has 0 saturated carbocycles. The van der Waals surface area contributed by atoms with E-state index in [2.05, 4.69) is 0 Å². The highest BCUT2D eigenvalue weighted by Gasteiger charge is 2.08. The second-order valence-corrected chi connectivity index (χ2v) is 2.79. The predicted octanol–water partition coefficient (Wildman–Crippen LogP) is 1.90. The Morgan fingerprint density at radius 1 is 1.38 bits per heavy atom. The molecule has 2 rings (SSSR count). The van der Waals surface area contributed by atoms with Gasteiger partial charge in [0.1, 0.15) is 11.3 Å². The summed E-state index contributed by atoms with van der Waals surface area (Å²) < 4.78 is 10.5. The Hall–Kier alpha value is -1.48. The molecular weight excluding hydrogens is 166 g/mol. The van der Waals surface area contributed by atoms with Crippen LogP contribution in [0.3, 0.4) is 0 Å². The first kappa shape index (κ1) is 8.13. The van der Waals surface area contributed by atoms with E-state index in [-0.39, 0.29) is 0 Å². The Morgan fingerprint density at radius 2 is 2.23 bits per heavy atom. The van der Waals surface area contributed by atoms with Crippen LogP contribution in [0, 0.1) is 0 Å². The summed E-state index contributed by atoms with van der Waals surface area (Å²) in [7, 11) is 1.63. The van der Waals surface area contributed by atoms with Gasteiger partial charge in [-0.05, 0) is 18.2 Å². The maximum Gasteiger partial charge on any atom is 0.142 e. The first-order valence-corrected chi connectivity index (χ1v) is 4.10. The molecule has 1 aromatic carbocycles. The van der Waals surface area contributed by atoms with Crippen molar-refractivity contribution in [2.45, 2.75) is 6.54 Å². The number of hydrogen-bond acceptors (Lipinski definition) is 3. The van der Waals surface area contributed by atoms with Gasteiger partial charge in [-0.2, -0.15) is 0 Å². The van der Waals surface area contributed by atoms with E-state index in [1.807, 2.05) is 18.2 Å². The van der Waals surface area contributed by atoms with Gasteiger partial charge in [0.15, 0.2) is 0 Å². The first-order valence-electron chi connectivity index (χ1n) is 4.10. The zero-order chi connectivity index (χ0) is 9.26. The summed E-state index contributed by atoms with van der Waals surface area (Å²) >= 11 is 0. The van der Waals surface area contributed by atoms with E-state index in [1.54, 1.807) is 13.4 Å². The molecule has 3 heteroatoms. The maximum atomic E-state index is 5.61. The van der Waals surface area contributed by atoms with Crippen molar-refractivity contribution in [3.63, 3.8) is 0 Å². The monoisotopic (exact) mass is 177 g/mol. The second kappa shape index (κ2) is 3.11. The first-order chi connectivity index (χ1) is 6.36. The van der Waals surface area contributed by atoms with Gasteiger partial charge in [-0.25, -0.2) is 0 Å². The normalized spacial score (nSPS) is 10.6. The Labute approximate surface area is 76.1 Å². The summed E-state index contributed by atoms with van der Waals surface area (Å²) in [5.74, 6) is 0.782. The third kappa shape index (κ3) is 1.17. The molecule has 0 amide bonds. The minimum Gasteiger partial charge on any atom is -0.496 e. The van der Waals surface area contributed by atoms with Crippen molar-refractivity contribution in [2.75, 3.05) is 7.11 Å².